The number of rotatable bonds is 6. The van der Waals surface area contributed by atoms with Crippen molar-refractivity contribution in [2.75, 3.05) is 23.9 Å². The lowest BCUT2D eigenvalue weighted by Gasteiger charge is -2.14. The Morgan fingerprint density at radius 1 is 1.19 bits per heavy atom. The van der Waals surface area contributed by atoms with Crippen LogP contribution in [0.25, 0.3) is 0 Å². The van der Waals surface area contributed by atoms with Crippen LogP contribution in [0.3, 0.4) is 0 Å². The van der Waals surface area contributed by atoms with Gasteiger partial charge in [-0.1, -0.05) is 12.1 Å². The molecule has 0 spiro atoms. The number of hydrogen-bond donors (Lipinski definition) is 3. The maximum atomic E-state index is 12.4. The van der Waals surface area contributed by atoms with Gasteiger partial charge in [-0.25, -0.2) is 8.42 Å². The third-order valence-corrected chi connectivity index (χ3v) is 5.03. The summed E-state index contributed by atoms with van der Waals surface area (Å²) in [7, 11) is -3.61. The van der Waals surface area contributed by atoms with E-state index in [4.69, 9.17) is 4.11 Å². The molecule has 0 atom stereocenters. The highest BCUT2D eigenvalue weighted by molar-refractivity contribution is 7.90. The van der Waals surface area contributed by atoms with Gasteiger partial charge < -0.3 is 16.0 Å². The number of carbonyl (C=O) groups excluding carboxylic acids is 2. The average Bonchev–Trinajstić information content (AvgIpc) is 3.45. The molecule has 0 saturated heterocycles. The molecule has 9 nitrogen and oxygen atoms in total. The fourth-order valence-electron chi connectivity index (χ4n) is 2.39. The van der Waals surface area contributed by atoms with E-state index in [9.17, 15) is 18.0 Å². The highest BCUT2D eigenvalue weighted by atomic mass is 32.2. The molecule has 10 heteroatoms. The van der Waals surface area contributed by atoms with Gasteiger partial charge in [-0.3, -0.25) is 9.59 Å². The number of anilines is 3. The van der Waals surface area contributed by atoms with E-state index >= 15 is 0 Å². The summed E-state index contributed by atoms with van der Waals surface area (Å²) in [6.45, 7) is -2.76. The van der Waals surface area contributed by atoms with Crippen LogP contribution in [0.15, 0.2) is 35.2 Å². The second-order valence-corrected chi connectivity index (χ2v) is 8.09. The van der Waals surface area contributed by atoms with Crippen molar-refractivity contribution in [3.8, 4) is 0 Å². The Morgan fingerprint density at radius 2 is 1.93 bits per heavy atom. The number of sulfone groups is 1. The molecule has 142 valence electrons. The first-order valence-corrected chi connectivity index (χ1v) is 9.90. The maximum Gasteiger partial charge on any atom is 0.273 e. The normalized spacial score (nSPS) is 15.8. The molecule has 1 aliphatic rings. The first-order valence-electron chi connectivity index (χ1n) is 9.51. The number of para-hydroxylation sites is 1. The van der Waals surface area contributed by atoms with E-state index in [-0.39, 0.29) is 39.6 Å². The lowest BCUT2D eigenvalue weighted by atomic mass is 10.2. The number of hydrogen-bond acceptors (Lipinski definition) is 7. The summed E-state index contributed by atoms with van der Waals surface area (Å²) in [4.78, 5) is 24.4. The van der Waals surface area contributed by atoms with Crippen LogP contribution in [0, 0.1) is 5.92 Å². The van der Waals surface area contributed by atoms with Gasteiger partial charge in [-0.05, 0) is 25.0 Å². The van der Waals surface area contributed by atoms with Crippen molar-refractivity contribution >= 4 is 38.8 Å². The van der Waals surface area contributed by atoms with E-state index in [2.05, 4.69) is 20.8 Å². The van der Waals surface area contributed by atoms with Gasteiger partial charge in [0.1, 0.15) is 0 Å². The molecule has 0 bridgehead atoms. The molecular formula is C17H19N5O4S. The quantitative estimate of drug-likeness (QED) is 0.676. The fourth-order valence-corrected chi connectivity index (χ4v) is 3.23. The Morgan fingerprint density at radius 3 is 2.59 bits per heavy atom. The van der Waals surface area contributed by atoms with Gasteiger partial charge in [0.15, 0.2) is 21.3 Å². The van der Waals surface area contributed by atoms with Crippen LogP contribution in [-0.4, -0.2) is 43.7 Å². The van der Waals surface area contributed by atoms with Crippen molar-refractivity contribution in [3.63, 3.8) is 0 Å². The molecule has 1 aromatic carbocycles. The van der Waals surface area contributed by atoms with E-state index in [0.29, 0.717) is 0 Å². The third-order valence-electron chi connectivity index (χ3n) is 3.88. The molecule has 0 radical (unpaired) electrons. The summed E-state index contributed by atoms with van der Waals surface area (Å²) in [5, 5.41) is 14.7. The van der Waals surface area contributed by atoms with E-state index in [1.54, 1.807) is 6.07 Å². The van der Waals surface area contributed by atoms with Crippen molar-refractivity contribution in [3.05, 3.63) is 36.0 Å². The van der Waals surface area contributed by atoms with Crippen LogP contribution >= 0.6 is 0 Å². The Balaban J connectivity index is 2.00. The van der Waals surface area contributed by atoms with Crippen molar-refractivity contribution in [1.29, 1.82) is 0 Å². The Kier molecular flexibility index (Phi) is 4.09. The number of aromatic nitrogens is 2. The van der Waals surface area contributed by atoms with Crippen molar-refractivity contribution in [2.24, 2.45) is 5.92 Å². The van der Waals surface area contributed by atoms with Crippen LogP contribution in [0.1, 0.15) is 27.4 Å². The van der Waals surface area contributed by atoms with Gasteiger partial charge >= 0.3 is 0 Å². The van der Waals surface area contributed by atoms with Gasteiger partial charge in [-0.15, -0.1) is 10.2 Å². The first kappa shape index (κ1) is 15.1. The molecule has 3 rings (SSSR count). The summed E-state index contributed by atoms with van der Waals surface area (Å²) >= 11 is 0. The fraction of sp³-hybridized carbons (Fsp3) is 0.294. The molecule has 2 aromatic rings. The lowest BCUT2D eigenvalue weighted by molar-refractivity contribution is -0.117. The zero-order chi connectivity index (χ0) is 22.1. The zero-order valence-corrected chi connectivity index (χ0v) is 15.1. The summed E-state index contributed by atoms with van der Waals surface area (Å²) in [5.41, 5.74) is -0.247. The van der Waals surface area contributed by atoms with Gasteiger partial charge in [-0.2, -0.15) is 0 Å². The molecule has 1 aliphatic carbocycles. The van der Waals surface area contributed by atoms with Gasteiger partial charge in [0, 0.05) is 29.3 Å². The number of nitrogens with one attached hydrogen (secondary N) is 3. The van der Waals surface area contributed by atoms with E-state index in [0.717, 1.165) is 19.1 Å². The monoisotopic (exact) mass is 392 g/mol. The summed E-state index contributed by atoms with van der Waals surface area (Å²) in [5.74, 6) is -1.35. The minimum atomic E-state index is -3.61. The Hall–Kier alpha value is -3.01. The summed E-state index contributed by atoms with van der Waals surface area (Å²) in [6, 6.07) is 7.27. The molecule has 27 heavy (non-hydrogen) atoms. The third kappa shape index (κ3) is 4.40. The smallest absolute Gasteiger partial charge is 0.273 e. The van der Waals surface area contributed by atoms with E-state index in [1.165, 1.54) is 24.3 Å². The van der Waals surface area contributed by atoms with E-state index < -0.39 is 22.7 Å². The van der Waals surface area contributed by atoms with E-state index in [1.807, 2.05) is 5.32 Å². The molecule has 3 N–H and O–H groups in total. The topological polar surface area (TPSA) is 130 Å². The molecule has 0 aliphatic heterocycles. The highest BCUT2D eigenvalue weighted by Gasteiger charge is 2.30. The molecule has 1 saturated carbocycles. The van der Waals surface area contributed by atoms with Crippen molar-refractivity contribution < 1.29 is 22.1 Å². The number of nitrogens with zero attached hydrogens (tertiary/aromatic N) is 2. The first-order chi connectivity index (χ1) is 13.9. The minimum absolute atomic E-state index is 0.0195. The second-order valence-electron chi connectivity index (χ2n) is 6.10. The van der Waals surface area contributed by atoms with Gasteiger partial charge in [0.2, 0.25) is 5.91 Å². The minimum Gasteiger partial charge on any atom is -0.354 e. The SMILES string of the molecule is [2H]C([2H])([2H])NC(=O)c1nnc(NC(=O)C2CC2)cc1Nc1ccccc1S(C)(=O)=O. The predicted molar refractivity (Wildman–Crippen MR) is 99.6 cm³/mol. The number of carbonyl (C=O) groups is 2. The Labute approximate surface area is 160 Å². The number of benzene rings is 1. The molecule has 1 aromatic heterocycles. The molecule has 2 amide bonds. The molecule has 0 unspecified atom stereocenters. The van der Waals surface area contributed by atoms with Crippen molar-refractivity contribution in [2.45, 2.75) is 17.7 Å². The zero-order valence-electron chi connectivity index (χ0n) is 17.3. The lowest BCUT2D eigenvalue weighted by Crippen LogP contribution is -2.22. The summed E-state index contributed by atoms with van der Waals surface area (Å²) in [6.07, 6.45) is 2.57. The van der Waals surface area contributed by atoms with Crippen LogP contribution in [0.5, 0.6) is 0 Å². The van der Waals surface area contributed by atoms with Crippen LogP contribution in [0.2, 0.25) is 0 Å². The molecule has 1 heterocycles. The van der Waals surface area contributed by atoms with Crippen LogP contribution in [0.4, 0.5) is 17.2 Å². The summed E-state index contributed by atoms with van der Waals surface area (Å²) < 4.78 is 45.7. The highest BCUT2D eigenvalue weighted by Crippen LogP contribution is 2.31. The standard InChI is InChI=1S/C17H19N5O4S/c1-18-17(24)15-12(9-14(21-22-15)20-16(23)10-7-8-10)19-11-5-3-4-6-13(11)27(2,25)26/h3-6,9-10H,7-8H2,1-2H3,(H,18,24)(H2,19,20,21,23)/i1D3. The Bertz CT molecular complexity index is 1100. The van der Waals surface area contributed by atoms with Crippen LogP contribution in [-0.2, 0) is 14.6 Å². The molecular weight excluding hydrogens is 370 g/mol. The van der Waals surface area contributed by atoms with Gasteiger partial charge in [0.05, 0.1) is 16.3 Å². The second kappa shape index (κ2) is 7.31. The average molecular weight is 392 g/mol. The predicted octanol–water partition coefficient (Wildman–Crippen LogP) is 1.33. The van der Waals surface area contributed by atoms with Gasteiger partial charge in [0.25, 0.3) is 5.91 Å². The maximum absolute atomic E-state index is 12.4. The van der Waals surface area contributed by atoms with Crippen LogP contribution < -0.4 is 16.0 Å². The van der Waals surface area contributed by atoms with Crippen molar-refractivity contribution in [1.82, 2.24) is 15.5 Å². The largest absolute Gasteiger partial charge is 0.354 e. The number of amides is 2. The molecule has 1 fully saturated rings.